The number of nitrogens with zero attached hydrogens (tertiary/aromatic N) is 1. The van der Waals surface area contributed by atoms with Crippen molar-refractivity contribution in [1.82, 2.24) is 4.57 Å². The molecular weight excluding hydrogens is 419 g/mol. The zero-order valence-corrected chi connectivity index (χ0v) is 18.7. The van der Waals surface area contributed by atoms with Gasteiger partial charge in [-0.05, 0) is 56.7 Å². The van der Waals surface area contributed by atoms with Crippen LogP contribution in [0.5, 0.6) is 0 Å². The topological polar surface area (TPSA) is 77.4 Å². The summed E-state index contributed by atoms with van der Waals surface area (Å²) in [5, 5.41) is 2.70. The Hall–Kier alpha value is -2.97. The molecule has 0 atom stereocenters. The number of carbonyl (C=O) groups is 1. The lowest BCUT2D eigenvalue weighted by Gasteiger charge is -2.14. The minimum atomic E-state index is -3.93. The van der Waals surface area contributed by atoms with E-state index < -0.39 is 21.6 Å². The van der Waals surface area contributed by atoms with Crippen molar-refractivity contribution >= 4 is 21.6 Å². The van der Waals surface area contributed by atoms with E-state index in [1.54, 1.807) is 49.8 Å². The van der Waals surface area contributed by atoms with Gasteiger partial charge in [0.25, 0.3) is 5.91 Å². The number of benzene rings is 2. The Bertz CT molecular complexity index is 1220. The van der Waals surface area contributed by atoms with Crippen LogP contribution in [0.3, 0.4) is 0 Å². The summed E-state index contributed by atoms with van der Waals surface area (Å²) in [6.07, 6.45) is 0. The van der Waals surface area contributed by atoms with Gasteiger partial charge in [-0.3, -0.25) is 4.79 Å². The molecule has 1 aromatic heterocycles. The van der Waals surface area contributed by atoms with Crippen LogP contribution < -0.4 is 5.32 Å². The molecule has 0 radical (unpaired) electrons. The Morgan fingerprint density at radius 1 is 1.10 bits per heavy atom. The summed E-state index contributed by atoms with van der Waals surface area (Å²) in [7, 11) is -2.39. The van der Waals surface area contributed by atoms with Crippen LogP contribution in [-0.2, 0) is 21.1 Å². The summed E-state index contributed by atoms with van der Waals surface area (Å²) in [5.74, 6) is -1.01. The number of aryl methyl sites for hydroxylation is 1. The number of carbonyl (C=O) groups excluding carboxylic acids is 1. The van der Waals surface area contributed by atoms with E-state index in [4.69, 9.17) is 4.74 Å². The van der Waals surface area contributed by atoms with Gasteiger partial charge in [-0.15, -0.1) is 0 Å². The Balaban J connectivity index is 2.16. The molecule has 164 valence electrons. The minimum Gasteiger partial charge on any atom is -0.383 e. The third-order valence-corrected chi connectivity index (χ3v) is 7.14. The first-order valence-electron chi connectivity index (χ1n) is 9.74. The van der Waals surface area contributed by atoms with Gasteiger partial charge in [0.05, 0.1) is 11.5 Å². The highest BCUT2D eigenvalue weighted by Crippen LogP contribution is 2.35. The second kappa shape index (κ2) is 9.03. The number of nitrogens with one attached hydrogen (secondary N) is 1. The number of aromatic nitrogens is 1. The highest BCUT2D eigenvalue weighted by atomic mass is 32.2. The van der Waals surface area contributed by atoms with Crippen LogP contribution in [-0.4, -0.2) is 32.6 Å². The average Bonchev–Trinajstić information content (AvgIpc) is 2.96. The van der Waals surface area contributed by atoms with Gasteiger partial charge in [0, 0.05) is 24.9 Å². The predicted octanol–water partition coefficient (Wildman–Crippen LogP) is 4.28. The van der Waals surface area contributed by atoms with Crippen molar-refractivity contribution in [3.05, 3.63) is 76.7 Å². The number of halogens is 1. The van der Waals surface area contributed by atoms with Gasteiger partial charge in [-0.2, -0.15) is 0 Å². The van der Waals surface area contributed by atoms with Crippen LogP contribution in [0.15, 0.2) is 58.3 Å². The molecule has 31 heavy (non-hydrogen) atoms. The van der Waals surface area contributed by atoms with E-state index in [-0.39, 0.29) is 21.2 Å². The lowest BCUT2D eigenvalue weighted by Crippen LogP contribution is -2.19. The molecule has 8 heteroatoms. The molecule has 2 aromatic carbocycles. The number of hydrogen-bond donors (Lipinski definition) is 1. The van der Waals surface area contributed by atoms with Gasteiger partial charge >= 0.3 is 0 Å². The van der Waals surface area contributed by atoms with E-state index >= 15 is 0 Å². The molecule has 0 unspecified atom stereocenters. The molecule has 0 saturated heterocycles. The predicted molar refractivity (Wildman–Crippen MR) is 117 cm³/mol. The van der Waals surface area contributed by atoms with E-state index in [9.17, 15) is 17.6 Å². The number of amides is 1. The molecule has 0 fully saturated rings. The average molecular weight is 445 g/mol. The maximum absolute atomic E-state index is 13.6. The zero-order chi connectivity index (χ0) is 22.8. The molecule has 1 N–H and O–H groups in total. The molecular formula is C23H25FN2O4S. The van der Waals surface area contributed by atoms with Crippen LogP contribution >= 0.6 is 0 Å². The monoisotopic (exact) mass is 444 g/mol. The van der Waals surface area contributed by atoms with Gasteiger partial charge in [0.2, 0.25) is 9.84 Å². The molecule has 0 saturated carbocycles. The first-order chi connectivity index (χ1) is 14.7. The summed E-state index contributed by atoms with van der Waals surface area (Å²) < 4.78 is 47.6. The van der Waals surface area contributed by atoms with Crippen molar-refractivity contribution in [2.45, 2.75) is 37.1 Å². The zero-order valence-electron chi connectivity index (χ0n) is 17.9. The number of anilines is 1. The molecule has 3 aromatic rings. The first kappa shape index (κ1) is 22.7. The van der Waals surface area contributed by atoms with Gasteiger partial charge in [0.15, 0.2) is 0 Å². The third kappa shape index (κ3) is 4.55. The highest BCUT2D eigenvalue weighted by molar-refractivity contribution is 7.91. The number of methoxy groups -OCH3 is 1. The Morgan fingerprint density at radius 2 is 1.77 bits per heavy atom. The Labute approximate surface area is 181 Å². The fourth-order valence-corrected chi connectivity index (χ4v) is 5.09. The fourth-order valence-electron chi connectivity index (χ4n) is 3.39. The molecule has 1 amide bonds. The maximum atomic E-state index is 13.6. The largest absolute Gasteiger partial charge is 0.383 e. The smallest absolute Gasteiger partial charge is 0.256 e. The molecule has 0 aliphatic rings. The molecule has 1 heterocycles. The van der Waals surface area contributed by atoms with Crippen molar-refractivity contribution in [3.8, 4) is 0 Å². The summed E-state index contributed by atoms with van der Waals surface area (Å²) in [5.41, 5.74) is 2.25. The van der Waals surface area contributed by atoms with E-state index in [0.717, 1.165) is 11.6 Å². The molecule has 3 rings (SSSR count). The normalized spacial score (nSPS) is 11.5. The SMILES string of the molecule is COCCn1c(C)c(C)c(S(=O)(=O)c2ccc(C)cc2)c1NC(=O)c1cccc(F)c1. The van der Waals surface area contributed by atoms with E-state index in [1.807, 2.05) is 6.92 Å². The number of ether oxygens (including phenoxy) is 1. The lowest BCUT2D eigenvalue weighted by atomic mass is 10.2. The van der Waals surface area contributed by atoms with Crippen LogP contribution in [0.2, 0.25) is 0 Å². The molecule has 6 nitrogen and oxygen atoms in total. The van der Waals surface area contributed by atoms with Gasteiger partial charge in [-0.1, -0.05) is 23.8 Å². The first-order valence-corrected chi connectivity index (χ1v) is 11.2. The van der Waals surface area contributed by atoms with Gasteiger partial charge < -0.3 is 14.6 Å². The fraction of sp³-hybridized carbons (Fsp3) is 0.261. The summed E-state index contributed by atoms with van der Waals surface area (Å²) >= 11 is 0. The van der Waals surface area contributed by atoms with Gasteiger partial charge in [-0.25, -0.2) is 12.8 Å². The summed E-state index contributed by atoms with van der Waals surface area (Å²) in [4.78, 5) is 13.0. The van der Waals surface area contributed by atoms with Crippen LogP contribution in [0.4, 0.5) is 10.2 Å². The Morgan fingerprint density at radius 3 is 2.39 bits per heavy atom. The number of rotatable bonds is 7. The third-order valence-electron chi connectivity index (χ3n) is 5.21. The number of hydrogen-bond acceptors (Lipinski definition) is 4. The van der Waals surface area contributed by atoms with E-state index in [0.29, 0.717) is 24.4 Å². The Kier molecular flexibility index (Phi) is 6.62. The van der Waals surface area contributed by atoms with Crippen LogP contribution in [0.25, 0.3) is 0 Å². The van der Waals surface area contributed by atoms with Crippen molar-refractivity contribution in [2.24, 2.45) is 0 Å². The van der Waals surface area contributed by atoms with Crippen molar-refractivity contribution in [3.63, 3.8) is 0 Å². The van der Waals surface area contributed by atoms with Crippen molar-refractivity contribution in [1.29, 1.82) is 0 Å². The van der Waals surface area contributed by atoms with Gasteiger partial charge in [0.1, 0.15) is 16.5 Å². The quantitative estimate of drug-likeness (QED) is 0.590. The van der Waals surface area contributed by atoms with Crippen LogP contribution in [0, 0.1) is 26.6 Å². The second-order valence-corrected chi connectivity index (χ2v) is 9.20. The lowest BCUT2D eigenvalue weighted by molar-refractivity contribution is 0.102. The number of sulfone groups is 1. The second-order valence-electron chi connectivity index (χ2n) is 7.31. The maximum Gasteiger partial charge on any atom is 0.256 e. The summed E-state index contributed by atoms with van der Waals surface area (Å²) in [6, 6.07) is 11.8. The molecule has 0 spiro atoms. The minimum absolute atomic E-state index is 0.0229. The van der Waals surface area contributed by atoms with E-state index in [1.165, 1.54) is 18.2 Å². The molecule has 0 aliphatic heterocycles. The van der Waals surface area contributed by atoms with Crippen LogP contribution in [0.1, 0.15) is 27.2 Å². The molecule has 0 aliphatic carbocycles. The highest BCUT2D eigenvalue weighted by Gasteiger charge is 2.30. The standard InChI is InChI=1S/C23H25FN2O4S/c1-15-8-10-20(11-9-15)31(28,29)21-16(2)17(3)26(12-13-30-4)22(21)25-23(27)18-6-5-7-19(24)14-18/h5-11,14H,12-13H2,1-4H3,(H,25,27). The van der Waals surface area contributed by atoms with Crippen molar-refractivity contribution in [2.75, 3.05) is 19.0 Å². The molecule has 0 bridgehead atoms. The summed E-state index contributed by atoms with van der Waals surface area (Å²) in [6.45, 7) is 6.03. The van der Waals surface area contributed by atoms with E-state index in [2.05, 4.69) is 5.32 Å². The van der Waals surface area contributed by atoms with Crippen molar-refractivity contribution < 1.29 is 22.3 Å².